The summed E-state index contributed by atoms with van der Waals surface area (Å²) in [5.74, 6) is 1.72. The molecule has 6 N–H and O–H groups in total. The van der Waals surface area contributed by atoms with Crippen LogP contribution in [0.5, 0.6) is 11.5 Å². The molecule has 344 valence electrons. The van der Waals surface area contributed by atoms with E-state index in [9.17, 15) is 26.9 Å². The van der Waals surface area contributed by atoms with Crippen molar-refractivity contribution in [1.29, 1.82) is 0 Å². The molecule has 0 saturated carbocycles. The minimum atomic E-state index is -4.20. The Hall–Kier alpha value is -6.72. The Balaban J connectivity index is 0.000000209. The number of nitrogens with one attached hydrogen (secondary N) is 4. The molecule has 2 radical (unpaired) electrons. The van der Waals surface area contributed by atoms with Crippen molar-refractivity contribution >= 4 is 125 Å². The Morgan fingerprint density at radius 3 is 1.34 bits per heavy atom. The number of para-hydroxylation sites is 4. The van der Waals surface area contributed by atoms with Crippen molar-refractivity contribution < 1.29 is 31.2 Å². The van der Waals surface area contributed by atoms with Crippen LogP contribution in [0.25, 0.3) is 22.1 Å². The molecule has 6 aromatic carbocycles. The molecular formula is C44H40Cl2N10O8S2Sn. The number of non-ortho nitro benzene ring substituents is 1. The number of nitro benzene ring substituents is 1. The van der Waals surface area contributed by atoms with Crippen LogP contribution < -0.4 is 35.3 Å². The molecule has 0 aliphatic heterocycles. The van der Waals surface area contributed by atoms with Crippen molar-refractivity contribution in [1.82, 2.24) is 19.9 Å². The van der Waals surface area contributed by atoms with E-state index in [4.69, 9.17) is 33.0 Å². The first-order valence-corrected chi connectivity index (χ1v) is 29.7. The van der Waals surface area contributed by atoms with Crippen LogP contribution >= 0.6 is 17.8 Å². The van der Waals surface area contributed by atoms with Crippen LogP contribution in [0.1, 0.15) is 11.1 Å². The molecule has 0 spiro atoms. The molecule has 23 heteroatoms. The number of nitrogens with two attached hydrogens (primary N) is 1. The van der Waals surface area contributed by atoms with Crippen LogP contribution in [0, 0.1) is 24.0 Å². The standard InChI is InChI=1S/C22H19N5O5S.C22H21N5O3S.2ClH.Sn/c1-14-10-15(12-17(11-14)32-2)23-21-22(25-20-9-4-3-8-19(20)24-21)26-33(30,31)18-7-5-6-16(13-18)27(28)29;1-14-10-16(13-17(11-14)30-2)24-21-22(26-20-9-4-3-8-19(20)25-21)27-31(28,29)18-7-5-6-15(23)12-18;;;/h3-13H,1-2H3,(H,23,24)(H,25,26);3-13H,23H2,1-2H3,(H,24,25)(H,26,27);2*1H;/q;;;;+2/p-2. The molecule has 67 heavy (non-hydrogen) atoms. The Morgan fingerprint density at radius 1 is 0.567 bits per heavy atom. The summed E-state index contributed by atoms with van der Waals surface area (Å²) in [4.78, 5) is 28.2. The van der Waals surface area contributed by atoms with Gasteiger partial charge in [0.25, 0.3) is 25.7 Å². The number of aryl methyl sites for hydroxylation is 2. The van der Waals surface area contributed by atoms with Gasteiger partial charge in [-0.05, 0) is 97.8 Å². The summed E-state index contributed by atoms with van der Waals surface area (Å²) in [7, 11) is 4.87. The number of nitrogen functional groups attached to an aromatic ring is 1. The summed E-state index contributed by atoms with van der Waals surface area (Å²) in [6, 6.07) is 36.1. The van der Waals surface area contributed by atoms with E-state index in [0.29, 0.717) is 50.6 Å². The zero-order valence-electron chi connectivity index (χ0n) is 35.9. The fourth-order valence-corrected chi connectivity index (χ4v) is 8.40. The summed E-state index contributed by atoms with van der Waals surface area (Å²) in [5, 5.41) is 17.3. The Kier molecular flexibility index (Phi) is 16.5. The third kappa shape index (κ3) is 13.2. The van der Waals surface area contributed by atoms with Crippen molar-refractivity contribution in [2.75, 3.05) is 40.0 Å². The number of aromatic nitrogens is 4. The van der Waals surface area contributed by atoms with E-state index < -0.39 is 43.9 Å². The minimum absolute atomic E-state index is 0.0330. The molecule has 8 rings (SSSR count). The zero-order chi connectivity index (χ0) is 48.3. The van der Waals surface area contributed by atoms with E-state index in [0.717, 1.165) is 17.2 Å². The predicted molar refractivity (Wildman–Crippen MR) is 264 cm³/mol. The van der Waals surface area contributed by atoms with Gasteiger partial charge >= 0.3 is 36.7 Å². The Morgan fingerprint density at radius 2 is 0.955 bits per heavy atom. The first-order chi connectivity index (χ1) is 32.0. The SMILES string of the molecule is COc1cc(C)cc(Nc2nc3ccccc3nc2NS(=O)(=O)c2cccc(N)c2)c1.COc1cc(C)cc(Nc2nc3ccccc3nc2NS(=O)(=O)c2cccc([N+](=O)[O-])c2)c1.[Cl][Sn][Cl]. The Bertz CT molecular complexity index is 3320. The van der Waals surface area contributed by atoms with Crippen LogP contribution in [-0.4, -0.2) is 74.8 Å². The fourth-order valence-electron chi connectivity index (χ4n) is 6.28. The molecule has 18 nitrogen and oxygen atoms in total. The number of sulfonamides is 2. The fraction of sp³-hybridized carbons (Fsp3) is 0.0909. The van der Waals surface area contributed by atoms with Gasteiger partial charge in [-0.3, -0.25) is 19.6 Å². The van der Waals surface area contributed by atoms with Crippen molar-refractivity contribution in [3.8, 4) is 11.5 Å². The third-order valence-electron chi connectivity index (χ3n) is 9.21. The number of fused-ring (bicyclic) bond motifs is 2. The number of methoxy groups -OCH3 is 2. The zero-order valence-corrected chi connectivity index (χ0v) is 41.9. The van der Waals surface area contributed by atoms with Crippen LogP contribution in [-0.2, 0) is 20.0 Å². The van der Waals surface area contributed by atoms with Crippen molar-refractivity contribution in [3.63, 3.8) is 0 Å². The molecule has 0 aliphatic carbocycles. The summed E-state index contributed by atoms with van der Waals surface area (Å²) >= 11 is -0.826. The van der Waals surface area contributed by atoms with Gasteiger partial charge in [-0.1, -0.05) is 36.4 Å². The molecule has 8 aromatic rings. The number of halogens is 2. The van der Waals surface area contributed by atoms with Crippen molar-refractivity contribution in [3.05, 3.63) is 155 Å². The van der Waals surface area contributed by atoms with Gasteiger partial charge in [-0.25, -0.2) is 36.8 Å². The molecule has 0 bridgehead atoms. The monoisotopic (exact) mass is 1090 g/mol. The van der Waals surface area contributed by atoms with Gasteiger partial charge in [0.05, 0.1) is 51.0 Å². The van der Waals surface area contributed by atoms with Crippen molar-refractivity contribution in [2.24, 2.45) is 0 Å². The molecule has 0 unspecified atom stereocenters. The predicted octanol–water partition coefficient (Wildman–Crippen LogP) is 9.47. The molecule has 2 heterocycles. The van der Waals surface area contributed by atoms with Gasteiger partial charge in [0, 0.05) is 41.3 Å². The maximum atomic E-state index is 13.0. The average molecular weight is 1090 g/mol. The first kappa shape index (κ1) is 49.7. The summed E-state index contributed by atoms with van der Waals surface area (Å²) in [6.07, 6.45) is 0. The quantitative estimate of drug-likeness (QED) is 0.0312. The van der Waals surface area contributed by atoms with E-state index in [2.05, 4.69) is 40.0 Å². The normalized spacial score (nSPS) is 11.0. The summed E-state index contributed by atoms with van der Waals surface area (Å²) in [5.41, 5.74) is 11.2. The van der Waals surface area contributed by atoms with E-state index in [1.165, 1.54) is 30.3 Å². The van der Waals surface area contributed by atoms with Crippen LogP contribution in [0.2, 0.25) is 0 Å². The third-order valence-corrected chi connectivity index (χ3v) is 11.9. The second kappa shape index (κ2) is 22.2. The number of benzene rings is 6. The van der Waals surface area contributed by atoms with E-state index >= 15 is 0 Å². The van der Waals surface area contributed by atoms with Gasteiger partial charge < -0.3 is 25.8 Å². The van der Waals surface area contributed by atoms with Crippen LogP contribution in [0.3, 0.4) is 0 Å². The first-order valence-electron chi connectivity index (χ1n) is 19.5. The maximum absolute atomic E-state index is 13.0. The van der Waals surface area contributed by atoms with Gasteiger partial charge in [0.1, 0.15) is 11.5 Å². The second-order valence-corrected chi connectivity index (χ2v) is 21.8. The van der Waals surface area contributed by atoms with Crippen LogP contribution in [0.15, 0.2) is 143 Å². The van der Waals surface area contributed by atoms with Crippen molar-refractivity contribution in [2.45, 2.75) is 23.6 Å². The number of ether oxygens (including phenoxy) is 2. The number of hydrogen-bond acceptors (Lipinski definition) is 15. The van der Waals surface area contributed by atoms with Gasteiger partial charge in [0.15, 0.2) is 23.3 Å². The number of rotatable bonds is 13. The number of hydrogen-bond donors (Lipinski definition) is 5. The molecule has 0 amide bonds. The van der Waals surface area contributed by atoms with E-state index in [1.54, 1.807) is 74.9 Å². The molecule has 0 fully saturated rings. The molecule has 2 aromatic heterocycles. The Labute approximate surface area is 403 Å². The van der Waals surface area contributed by atoms with Gasteiger partial charge in [0.2, 0.25) is 0 Å². The molecular weight excluding hydrogens is 1050 g/mol. The average Bonchev–Trinajstić information content (AvgIpc) is 3.29. The van der Waals surface area contributed by atoms with E-state index in [1.807, 2.05) is 50.2 Å². The van der Waals surface area contributed by atoms with Gasteiger partial charge in [-0.2, -0.15) is 0 Å². The number of nitrogens with zero attached hydrogens (tertiary/aromatic N) is 5. The summed E-state index contributed by atoms with van der Waals surface area (Å²) in [6.45, 7) is 3.83. The van der Waals surface area contributed by atoms with Crippen LogP contribution in [0.4, 0.5) is 46.0 Å². The topological polar surface area (TPSA) is 256 Å². The molecule has 0 aliphatic rings. The second-order valence-electron chi connectivity index (χ2n) is 14.2. The molecule has 0 saturated heterocycles. The molecule has 0 atom stereocenters. The van der Waals surface area contributed by atoms with E-state index in [-0.39, 0.29) is 38.7 Å². The van der Waals surface area contributed by atoms with Gasteiger partial charge in [-0.15, -0.1) is 0 Å². The number of nitro groups is 1. The summed E-state index contributed by atoms with van der Waals surface area (Å²) < 4.78 is 67.5. The number of anilines is 7.